The summed E-state index contributed by atoms with van der Waals surface area (Å²) in [5.74, 6) is -3.76. The maximum atomic E-state index is 13.5. The van der Waals surface area contributed by atoms with Crippen LogP contribution in [0, 0.1) is 11.8 Å². The third-order valence-electron chi connectivity index (χ3n) is 7.03. The number of esters is 1. The molecule has 3 rings (SSSR count). The van der Waals surface area contributed by atoms with E-state index >= 15 is 0 Å². The van der Waals surface area contributed by atoms with E-state index in [2.05, 4.69) is 40.4 Å². The summed E-state index contributed by atoms with van der Waals surface area (Å²) in [5, 5.41) is -0.0804. The van der Waals surface area contributed by atoms with Gasteiger partial charge in [-0.2, -0.15) is 0 Å². The number of hydrogen-bond donors (Lipinski definition) is 0. The van der Waals surface area contributed by atoms with Gasteiger partial charge in [0.25, 0.3) is 0 Å². The summed E-state index contributed by atoms with van der Waals surface area (Å²) < 4.78 is 11.4. The third kappa shape index (κ3) is 4.78. The average Bonchev–Trinajstić information content (AvgIpc) is 2.75. The fourth-order valence-corrected chi connectivity index (χ4v) is 6.83. The van der Waals surface area contributed by atoms with Crippen molar-refractivity contribution in [3.05, 3.63) is 42.5 Å². The molecular weight excluding hydrogens is 470 g/mol. The Balaban J connectivity index is 1.94. The van der Waals surface area contributed by atoms with E-state index in [1.807, 2.05) is 19.1 Å². The molecule has 2 aliphatic heterocycles. The smallest absolute Gasteiger partial charge is 0.397 e. The molecule has 9 heteroatoms. The highest BCUT2D eigenvalue weighted by atomic mass is 32.2. The zero-order valence-electron chi connectivity index (χ0n) is 20.6. The van der Waals surface area contributed by atoms with Gasteiger partial charge in [-0.25, -0.2) is 4.79 Å². The summed E-state index contributed by atoms with van der Waals surface area (Å²) in [7, 11) is -2.23. The zero-order valence-corrected chi connectivity index (χ0v) is 22.4. The molecule has 1 aromatic carbocycles. The Labute approximate surface area is 206 Å². The number of benzene rings is 1. The summed E-state index contributed by atoms with van der Waals surface area (Å²) in [6, 6.07) is 6.53. The van der Waals surface area contributed by atoms with Crippen LogP contribution in [0.15, 0.2) is 41.8 Å². The molecular formula is C25H33NO6SSi. The first-order valence-electron chi connectivity index (χ1n) is 11.4. The fourth-order valence-electron chi connectivity index (χ4n) is 4.19. The normalized spacial score (nSPS) is 23.6. The van der Waals surface area contributed by atoms with Crippen molar-refractivity contribution in [3.63, 3.8) is 0 Å². The van der Waals surface area contributed by atoms with E-state index in [9.17, 15) is 19.2 Å². The maximum absolute atomic E-state index is 13.5. The summed E-state index contributed by atoms with van der Waals surface area (Å²) >= 11 is 1.51. The van der Waals surface area contributed by atoms with Crippen molar-refractivity contribution < 1.29 is 28.3 Å². The van der Waals surface area contributed by atoms with E-state index in [1.54, 1.807) is 12.1 Å². The number of carbonyl (C=O) groups is 4. The molecule has 0 saturated carbocycles. The van der Waals surface area contributed by atoms with Crippen LogP contribution < -0.4 is 0 Å². The lowest BCUT2D eigenvalue weighted by atomic mass is 9.74. The molecule has 184 valence electrons. The van der Waals surface area contributed by atoms with Gasteiger partial charge in [0.1, 0.15) is 6.61 Å². The molecule has 1 aromatic rings. The molecule has 1 fully saturated rings. The van der Waals surface area contributed by atoms with Crippen molar-refractivity contribution in [2.75, 3.05) is 12.4 Å². The Morgan fingerprint density at radius 3 is 2.53 bits per heavy atom. The van der Waals surface area contributed by atoms with E-state index in [4.69, 9.17) is 9.16 Å². The molecule has 2 amide bonds. The van der Waals surface area contributed by atoms with Crippen LogP contribution >= 0.6 is 11.8 Å². The first-order valence-corrected chi connectivity index (χ1v) is 15.3. The lowest BCUT2D eigenvalue weighted by Crippen LogP contribution is -2.71. The molecule has 1 saturated heterocycles. The van der Waals surface area contributed by atoms with Crippen LogP contribution in [0.1, 0.15) is 38.1 Å². The van der Waals surface area contributed by atoms with Crippen LogP contribution in [-0.4, -0.2) is 61.3 Å². The van der Waals surface area contributed by atoms with Gasteiger partial charge in [0, 0.05) is 16.2 Å². The summed E-state index contributed by atoms with van der Waals surface area (Å²) in [4.78, 5) is 53.7. The number of rotatable bonds is 6. The van der Waals surface area contributed by atoms with Crippen LogP contribution in [0.2, 0.25) is 18.1 Å². The first kappa shape index (κ1) is 26.4. The summed E-state index contributed by atoms with van der Waals surface area (Å²) in [5.41, 5.74) is 0.571. The van der Waals surface area contributed by atoms with Crippen LogP contribution in [0.4, 0.5) is 0 Å². The summed E-state index contributed by atoms with van der Waals surface area (Å²) in [6.45, 7) is 15.7. The lowest BCUT2D eigenvalue weighted by Gasteiger charge is -2.52. The predicted molar refractivity (Wildman–Crippen MR) is 133 cm³/mol. The van der Waals surface area contributed by atoms with Crippen molar-refractivity contribution in [3.8, 4) is 0 Å². The number of amides is 2. The maximum Gasteiger partial charge on any atom is 0.397 e. The molecule has 0 aromatic heterocycles. The molecule has 0 unspecified atom stereocenters. The van der Waals surface area contributed by atoms with E-state index in [0.717, 1.165) is 9.80 Å². The Bertz CT molecular complexity index is 1020. The van der Waals surface area contributed by atoms with Gasteiger partial charge in [-0.3, -0.25) is 19.3 Å². The molecule has 2 aliphatic rings. The number of carbonyl (C=O) groups excluding carboxylic acids is 4. The minimum Gasteiger partial charge on any atom is -0.454 e. The highest BCUT2D eigenvalue weighted by molar-refractivity contribution is 7.99. The van der Waals surface area contributed by atoms with Gasteiger partial charge in [0.05, 0.1) is 24.0 Å². The van der Waals surface area contributed by atoms with Gasteiger partial charge in [0.2, 0.25) is 5.91 Å². The largest absolute Gasteiger partial charge is 0.454 e. The Hall–Kier alpha value is -2.23. The van der Waals surface area contributed by atoms with Crippen molar-refractivity contribution >= 4 is 43.6 Å². The lowest BCUT2D eigenvalue weighted by molar-refractivity contribution is -0.181. The number of nitrogens with zero attached hydrogens (tertiary/aromatic N) is 1. The number of imide groups is 1. The minimum atomic E-state index is -2.23. The van der Waals surface area contributed by atoms with Gasteiger partial charge in [-0.15, -0.1) is 11.8 Å². The first-order chi connectivity index (χ1) is 15.8. The summed E-state index contributed by atoms with van der Waals surface area (Å²) in [6.07, 6.45) is 0.832. The molecule has 0 N–H and O–H groups in total. The number of hydrogen-bond acceptors (Lipinski definition) is 7. The average molecular weight is 504 g/mol. The number of thioether (sulfide) groups is 1. The third-order valence-corrected chi connectivity index (χ3v) is 12.8. The van der Waals surface area contributed by atoms with Crippen molar-refractivity contribution in [1.82, 2.24) is 4.90 Å². The Kier molecular flexibility index (Phi) is 7.59. The van der Waals surface area contributed by atoms with Crippen LogP contribution in [-0.2, 0) is 23.5 Å². The molecule has 2 heterocycles. The van der Waals surface area contributed by atoms with E-state index in [0.29, 0.717) is 11.3 Å². The number of fused-ring (bicyclic) bond motifs is 1. The molecule has 0 spiro atoms. The second-order valence-electron chi connectivity index (χ2n) is 10.3. The van der Waals surface area contributed by atoms with Crippen LogP contribution in [0.5, 0.6) is 0 Å². The monoisotopic (exact) mass is 503 g/mol. The van der Waals surface area contributed by atoms with Crippen molar-refractivity contribution in [1.29, 1.82) is 0 Å². The highest BCUT2D eigenvalue weighted by Crippen LogP contribution is 2.45. The Morgan fingerprint density at radius 2 is 1.91 bits per heavy atom. The van der Waals surface area contributed by atoms with Gasteiger partial charge < -0.3 is 9.16 Å². The van der Waals surface area contributed by atoms with E-state index in [1.165, 1.54) is 17.8 Å². The Morgan fingerprint density at radius 1 is 1.26 bits per heavy atom. The number of β-lactam (4-membered cyclic amide) rings is 1. The molecule has 4 atom stereocenters. The van der Waals surface area contributed by atoms with Crippen LogP contribution in [0.3, 0.4) is 0 Å². The van der Waals surface area contributed by atoms with Crippen molar-refractivity contribution in [2.24, 2.45) is 11.8 Å². The quantitative estimate of drug-likeness (QED) is 0.190. The molecule has 0 aliphatic carbocycles. The van der Waals surface area contributed by atoms with Crippen LogP contribution in [0.25, 0.3) is 0 Å². The molecule has 0 bridgehead atoms. The minimum absolute atomic E-state index is 0.0804. The second-order valence-corrected chi connectivity index (χ2v) is 16.1. The second kappa shape index (κ2) is 9.79. The van der Waals surface area contributed by atoms with Crippen molar-refractivity contribution in [2.45, 2.75) is 62.9 Å². The van der Waals surface area contributed by atoms with Gasteiger partial charge >= 0.3 is 11.9 Å². The fraction of sp³-hybridized carbons (Fsp3) is 0.520. The number of likely N-dealkylation sites (tertiary alicyclic amines) is 1. The molecule has 7 nitrogen and oxygen atoms in total. The SMILES string of the molecule is C=CCOC(=O)C(=O)N1C(=O)[C@H]([C@@H](C)O[Si](C)(C)C(C)(C)C)[C@@H]1[C@H]1CSc2ccccc2C1=O. The number of Topliss-reactive ketones (excluding diaryl/α,β-unsaturated/α-hetero) is 1. The number of ketones is 1. The zero-order chi connectivity index (χ0) is 25.4. The van der Waals surface area contributed by atoms with E-state index < -0.39 is 50.1 Å². The molecule has 0 radical (unpaired) electrons. The van der Waals surface area contributed by atoms with Gasteiger partial charge in [-0.05, 0) is 31.1 Å². The standard InChI is InChI=1S/C25H33NO6SSi/c1-8-13-31-24(30)23(29)26-20(17-14-33-18-12-10-9-11-16(18)21(17)27)19(22(26)28)15(2)32-34(6,7)25(3,4)5/h8-12,15,17,19-20H,1,13-14H2,2-7H3/t15-,17-,19-,20+/m1/s1. The van der Waals surface area contributed by atoms with Gasteiger partial charge in [-0.1, -0.05) is 51.6 Å². The number of ether oxygens (including phenoxy) is 1. The van der Waals surface area contributed by atoms with Gasteiger partial charge in [0.15, 0.2) is 14.1 Å². The topological polar surface area (TPSA) is 90.0 Å². The highest BCUT2D eigenvalue weighted by Gasteiger charge is 2.60. The predicted octanol–water partition coefficient (Wildman–Crippen LogP) is 4.08. The van der Waals surface area contributed by atoms with E-state index in [-0.39, 0.29) is 17.4 Å². The molecule has 34 heavy (non-hydrogen) atoms.